The molecule has 0 aliphatic carbocycles. The summed E-state index contributed by atoms with van der Waals surface area (Å²) in [6.07, 6.45) is 1.84. The lowest BCUT2D eigenvalue weighted by Gasteiger charge is -2.08. The van der Waals surface area contributed by atoms with Crippen molar-refractivity contribution in [1.29, 1.82) is 0 Å². The molecule has 14 heavy (non-hydrogen) atoms. The zero-order valence-corrected chi connectivity index (χ0v) is 8.23. The molecule has 2 aromatic rings. The molecule has 0 bridgehead atoms. The van der Waals surface area contributed by atoms with E-state index in [1.54, 1.807) is 4.52 Å². The maximum absolute atomic E-state index is 5.48. The molecule has 74 valence electrons. The summed E-state index contributed by atoms with van der Waals surface area (Å²) >= 11 is 0. The van der Waals surface area contributed by atoms with Gasteiger partial charge in [0.1, 0.15) is 0 Å². The summed E-state index contributed by atoms with van der Waals surface area (Å²) in [7, 11) is 0. The van der Waals surface area contributed by atoms with Crippen LogP contribution < -0.4 is 11.1 Å². The van der Waals surface area contributed by atoms with Crippen LogP contribution in [0.1, 0.15) is 13.8 Å². The normalized spacial score (nSPS) is 11.1. The van der Waals surface area contributed by atoms with E-state index >= 15 is 0 Å². The Kier molecular flexibility index (Phi) is 1.99. The summed E-state index contributed by atoms with van der Waals surface area (Å²) < 4.78 is 1.65. The third-order valence-corrected chi connectivity index (χ3v) is 1.81. The van der Waals surface area contributed by atoms with Gasteiger partial charge in [0.25, 0.3) is 0 Å². The molecule has 0 amide bonds. The van der Waals surface area contributed by atoms with Gasteiger partial charge in [-0.2, -0.15) is 4.98 Å². The van der Waals surface area contributed by atoms with E-state index < -0.39 is 0 Å². The van der Waals surface area contributed by atoms with Crippen molar-refractivity contribution in [3.05, 3.63) is 18.3 Å². The first-order valence-electron chi connectivity index (χ1n) is 4.53. The Balaban J connectivity index is 2.40. The summed E-state index contributed by atoms with van der Waals surface area (Å²) in [4.78, 5) is 4.07. The third-order valence-electron chi connectivity index (χ3n) is 1.81. The fourth-order valence-corrected chi connectivity index (χ4v) is 1.32. The molecule has 0 aliphatic heterocycles. The minimum absolute atomic E-state index is 0.298. The molecular formula is C9H13N5. The Labute approximate surface area is 81.9 Å². The van der Waals surface area contributed by atoms with Crippen LogP contribution in [0, 0.1) is 0 Å². The molecule has 2 aromatic heterocycles. The number of anilines is 2. The van der Waals surface area contributed by atoms with E-state index in [0.29, 0.717) is 12.0 Å². The summed E-state index contributed by atoms with van der Waals surface area (Å²) in [6, 6.07) is 4.27. The highest BCUT2D eigenvalue weighted by molar-refractivity contribution is 5.55. The van der Waals surface area contributed by atoms with Crippen LogP contribution in [0.3, 0.4) is 0 Å². The van der Waals surface area contributed by atoms with E-state index in [9.17, 15) is 0 Å². The summed E-state index contributed by atoms with van der Waals surface area (Å²) in [6.45, 7) is 4.17. The molecule has 3 N–H and O–H groups in total. The first-order valence-corrected chi connectivity index (χ1v) is 4.53. The highest BCUT2D eigenvalue weighted by Gasteiger charge is 2.01. The largest absolute Gasteiger partial charge is 0.383 e. The highest BCUT2D eigenvalue weighted by Crippen LogP contribution is 2.11. The standard InChI is InChI=1S/C9H13N5/c1-6(2)11-7-3-4-14-8(5-7)12-9(10)13-14/h3-6,11H,1-2H3,(H2,10,13). The lowest BCUT2D eigenvalue weighted by atomic mass is 10.3. The molecule has 0 atom stereocenters. The van der Waals surface area contributed by atoms with Gasteiger partial charge >= 0.3 is 0 Å². The minimum Gasteiger partial charge on any atom is -0.383 e. The van der Waals surface area contributed by atoms with Crippen molar-refractivity contribution in [1.82, 2.24) is 14.6 Å². The van der Waals surface area contributed by atoms with Gasteiger partial charge < -0.3 is 11.1 Å². The average molecular weight is 191 g/mol. The molecule has 0 saturated heterocycles. The van der Waals surface area contributed by atoms with Crippen LogP contribution in [0.5, 0.6) is 0 Å². The molecule has 0 aromatic carbocycles. The highest BCUT2D eigenvalue weighted by atomic mass is 15.3. The Morgan fingerprint density at radius 1 is 1.50 bits per heavy atom. The SMILES string of the molecule is CC(C)Nc1ccn2nc(N)nc2c1. The lowest BCUT2D eigenvalue weighted by molar-refractivity contribution is 0.896. The number of aromatic nitrogens is 3. The summed E-state index contributed by atoms with van der Waals surface area (Å²) in [5.74, 6) is 0.298. The van der Waals surface area contributed by atoms with Gasteiger partial charge in [-0.1, -0.05) is 0 Å². The number of nitrogens with one attached hydrogen (secondary N) is 1. The van der Waals surface area contributed by atoms with E-state index in [2.05, 4.69) is 29.2 Å². The van der Waals surface area contributed by atoms with Crippen molar-refractivity contribution in [3.63, 3.8) is 0 Å². The minimum atomic E-state index is 0.298. The van der Waals surface area contributed by atoms with E-state index in [-0.39, 0.29) is 0 Å². The van der Waals surface area contributed by atoms with E-state index in [1.807, 2.05) is 18.3 Å². The van der Waals surface area contributed by atoms with Crippen LogP contribution in [-0.2, 0) is 0 Å². The second-order valence-electron chi connectivity index (χ2n) is 3.49. The number of nitrogens with zero attached hydrogens (tertiary/aromatic N) is 3. The van der Waals surface area contributed by atoms with Crippen molar-refractivity contribution < 1.29 is 0 Å². The van der Waals surface area contributed by atoms with Crippen molar-refractivity contribution >= 4 is 17.3 Å². The monoisotopic (exact) mass is 191 g/mol. The van der Waals surface area contributed by atoms with Gasteiger partial charge in [-0.25, -0.2) is 4.52 Å². The van der Waals surface area contributed by atoms with E-state index in [1.165, 1.54) is 0 Å². The van der Waals surface area contributed by atoms with Crippen LogP contribution in [0.15, 0.2) is 18.3 Å². The van der Waals surface area contributed by atoms with Gasteiger partial charge in [0.05, 0.1) is 0 Å². The van der Waals surface area contributed by atoms with E-state index in [4.69, 9.17) is 5.73 Å². The van der Waals surface area contributed by atoms with Crippen molar-refractivity contribution in [2.75, 3.05) is 11.1 Å². The van der Waals surface area contributed by atoms with Gasteiger partial charge in [-0.05, 0) is 19.9 Å². The van der Waals surface area contributed by atoms with Crippen LogP contribution in [-0.4, -0.2) is 20.6 Å². The molecule has 0 aliphatic rings. The van der Waals surface area contributed by atoms with Gasteiger partial charge in [0, 0.05) is 24.0 Å². The fraction of sp³-hybridized carbons (Fsp3) is 0.333. The van der Waals surface area contributed by atoms with Crippen LogP contribution in [0.2, 0.25) is 0 Å². The maximum Gasteiger partial charge on any atom is 0.240 e. The average Bonchev–Trinajstić information content (AvgIpc) is 2.42. The number of rotatable bonds is 2. The zero-order chi connectivity index (χ0) is 10.1. The Morgan fingerprint density at radius 2 is 2.29 bits per heavy atom. The Hall–Kier alpha value is -1.78. The first kappa shape index (κ1) is 8.80. The van der Waals surface area contributed by atoms with Crippen LogP contribution >= 0.6 is 0 Å². The van der Waals surface area contributed by atoms with Crippen molar-refractivity contribution in [2.24, 2.45) is 0 Å². The molecule has 0 fully saturated rings. The molecule has 0 radical (unpaired) electrons. The lowest BCUT2D eigenvalue weighted by Crippen LogP contribution is -2.09. The van der Waals surface area contributed by atoms with Crippen LogP contribution in [0.4, 0.5) is 11.6 Å². The second-order valence-corrected chi connectivity index (χ2v) is 3.49. The summed E-state index contributed by atoms with van der Waals surface area (Å²) in [5.41, 5.74) is 7.26. The Bertz CT molecular complexity index is 445. The Morgan fingerprint density at radius 3 is 3.00 bits per heavy atom. The maximum atomic E-state index is 5.48. The number of fused-ring (bicyclic) bond motifs is 1. The molecule has 2 heterocycles. The predicted octanol–water partition coefficient (Wildman–Crippen LogP) is 1.13. The number of nitrogen functional groups attached to an aromatic ring is 1. The van der Waals surface area contributed by atoms with Gasteiger partial charge in [-0.3, -0.25) is 0 Å². The molecule has 0 spiro atoms. The molecule has 5 heteroatoms. The van der Waals surface area contributed by atoms with Crippen molar-refractivity contribution in [3.8, 4) is 0 Å². The summed E-state index contributed by atoms with van der Waals surface area (Å²) in [5, 5.41) is 7.27. The molecule has 2 rings (SSSR count). The van der Waals surface area contributed by atoms with Gasteiger partial charge in [0.15, 0.2) is 5.65 Å². The zero-order valence-electron chi connectivity index (χ0n) is 8.23. The van der Waals surface area contributed by atoms with Gasteiger partial charge in [-0.15, -0.1) is 5.10 Å². The number of hydrogen-bond donors (Lipinski definition) is 2. The van der Waals surface area contributed by atoms with Crippen molar-refractivity contribution in [2.45, 2.75) is 19.9 Å². The fourth-order valence-electron chi connectivity index (χ4n) is 1.32. The smallest absolute Gasteiger partial charge is 0.240 e. The molecule has 0 saturated carbocycles. The topological polar surface area (TPSA) is 68.2 Å². The third kappa shape index (κ3) is 1.61. The number of hydrogen-bond acceptors (Lipinski definition) is 4. The van der Waals surface area contributed by atoms with Crippen LogP contribution in [0.25, 0.3) is 5.65 Å². The van der Waals surface area contributed by atoms with E-state index in [0.717, 1.165) is 11.3 Å². The predicted molar refractivity (Wildman–Crippen MR) is 56.2 cm³/mol. The molecular weight excluding hydrogens is 178 g/mol. The van der Waals surface area contributed by atoms with Gasteiger partial charge in [0.2, 0.25) is 5.95 Å². The quantitative estimate of drug-likeness (QED) is 0.746. The number of nitrogens with two attached hydrogens (primary N) is 1. The molecule has 5 nitrogen and oxygen atoms in total. The second kappa shape index (κ2) is 3.17. The first-order chi connectivity index (χ1) is 6.65. The molecule has 0 unspecified atom stereocenters. The number of pyridine rings is 1.